The van der Waals surface area contributed by atoms with E-state index in [1.54, 1.807) is 0 Å². The van der Waals surface area contributed by atoms with Crippen LogP contribution in [0.4, 0.5) is 0 Å². The Morgan fingerprint density at radius 2 is 2.38 bits per heavy atom. The first kappa shape index (κ1) is 13.2. The minimum absolute atomic E-state index is 0.112. The first-order valence-corrected chi connectivity index (χ1v) is 5.89. The van der Waals surface area contributed by atoms with E-state index in [4.69, 9.17) is 10.6 Å². The second kappa shape index (κ2) is 7.38. The van der Waals surface area contributed by atoms with Crippen LogP contribution in [0.15, 0.2) is 12.3 Å². The van der Waals surface area contributed by atoms with E-state index in [-0.39, 0.29) is 6.04 Å². The molecule has 1 aromatic heterocycles. The van der Waals surface area contributed by atoms with Gasteiger partial charge >= 0.3 is 0 Å². The van der Waals surface area contributed by atoms with Gasteiger partial charge in [0.2, 0.25) is 0 Å². The Kier molecular flexibility index (Phi) is 6.07. The van der Waals surface area contributed by atoms with Crippen molar-refractivity contribution in [2.24, 2.45) is 5.84 Å². The molecule has 0 aliphatic carbocycles. The van der Waals surface area contributed by atoms with Gasteiger partial charge in [0.25, 0.3) is 0 Å². The Balaban J connectivity index is 2.59. The predicted octanol–water partition coefficient (Wildman–Crippen LogP) is 1.22. The number of aryl methyl sites for hydroxylation is 1. The summed E-state index contributed by atoms with van der Waals surface area (Å²) in [7, 11) is 0. The van der Waals surface area contributed by atoms with Crippen LogP contribution in [0.3, 0.4) is 0 Å². The smallest absolute Gasteiger partial charge is 0.0650 e. The third kappa shape index (κ3) is 3.59. The molecule has 1 atom stereocenters. The van der Waals surface area contributed by atoms with E-state index in [1.165, 1.54) is 0 Å². The van der Waals surface area contributed by atoms with Gasteiger partial charge in [-0.25, -0.2) is 0 Å². The number of nitrogens with one attached hydrogen (secondary N) is 1. The van der Waals surface area contributed by atoms with Gasteiger partial charge in [0.05, 0.1) is 11.7 Å². The zero-order chi connectivity index (χ0) is 11.8. The zero-order valence-corrected chi connectivity index (χ0v) is 10.1. The monoisotopic (exact) mass is 226 g/mol. The van der Waals surface area contributed by atoms with E-state index >= 15 is 0 Å². The summed E-state index contributed by atoms with van der Waals surface area (Å²) in [6.45, 7) is 6.51. The van der Waals surface area contributed by atoms with Crippen molar-refractivity contribution in [3.63, 3.8) is 0 Å². The minimum atomic E-state index is 0.112. The molecule has 0 aliphatic rings. The fourth-order valence-electron chi connectivity index (χ4n) is 1.70. The third-order valence-electron chi connectivity index (χ3n) is 2.50. The number of aromatic nitrogens is 2. The van der Waals surface area contributed by atoms with Crippen LogP contribution < -0.4 is 11.3 Å². The molecule has 0 fully saturated rings. The van der Waals surface area contributed by atoms with Crippen molar-refractivity contribution in [3.05, 3.63) is 18.0 Å². The van der Waals surface area contributed by atoms with Gasteiger partial charge < -0.3 is 4.74 Å². The van der Waals surface area contributed by atoms with Crippen LogP contribution >= 0.6 is 0 Å². The van der Waals surface area contributed by atoms with E-state index in [0.29, 0.717) is 6.61 Å². The Bertz CT molecular complexity index is 287. The van der Waals surface area contributed by atoms with E-state index < -0.39 is 0 Å². The number of hydrogen-bond donors (Lipinski definition) is 2. The molecule has 0 spiro atoms. The molecule has 1 heterocycles. The average Bonchev–Trinajstić information content (AvgIpc) is 2.73. The molecule has 3 N–H and O–H groups in total. The van der Waals surface area contributed by atoms with Crippen molar-refractivity contribution in [3.8, 4) is 0 Å². The van der Waals surface area contributed by atoms with Crippen LogP contribution in [0.5, 0.6) is 0 Å². The topological polar surface area (TPSA) is 65.1 Å². The Labute approximate surface area is 96.9 Å². The first-order valence-electron chi connectivity index (χ1n) is 5.89. The highest BCUT2D eigenvalue weighted by atomic mass is 16.5. The molecule has 16 heavy (non-hydrogen) atoms. The fourth-order valence-corrected chi connectivity index (χ4v) is 1.70. The molecule has 1 unspecified atom stereocenters. The third-order valence-corrected chi connectivity index (χ3v) is 2.50. The number of ether oxygens (including phenoxy) is 1. The van der Waals surface area contributed by atoms with Gasteiger partial charge in [-0.1, -0.05) is 6.92 Å². The molecular formula is C11H22N4O. The van der Waals surface area contributed by atoms with Gasteiger partial charge in [0, 0.05) is 26.0 Å². The molecule has 5 heteroatoms. The van der Waals surface area contributed by atoms with Gasteiger partial charge in [-0.3, -0.25) is 16.0 Å². The predicted molar refractivity (Wildman–Crippen MR) is 63.7 cm³/mol. The highest BCUT2D eigenvalue weighted by molar-refractivity contribution is 5.06. The lowest BCUT2D eigenvalue weighted by Crippen LogP contribution is -2.31. The maximum atomic E-state index is 5.56. The fraction of sp³-hybridized carbons (Fsp3) is 0.727. The van der Waals surface area contributed by atoms with Crippen molar-refractivity contribution in [1.82, 2.24) is 15.2 Å². The van der Waals surface area contributed by atoms with Crippen molar-refractivity contribution < 1.29 is 4.74 Å². The number of rotatable bonds is 8. The van der Waals surface area contributed by atoms with Gasteiger partial charge in [-0.05, 0) is 25.8 Å². The van der Waals surface area contributed by atoms with Crippen molar-refractivity contribution in [1.29, 1.82) is 0 Å². The minimum Gasteiger partial charge on any atom is -0.382 e. The van der Waals surface area contributed by atoms with Gasteiger partial charge in [-0.2, -0.15) is 5.10 Å². The van der Waals surface area contributed by atoms with Crippen molar-refractivity contribution in [2.45, 2.75) is 39.3 Å². The molecule has 0 aromatic carbocycles. The van der Waals surface area contributed by atoms with Crippen molar-refractivity contribution in [2.75, 3.05) is 13.2 Å². The SMILES string of the molecule is CCCn1nccc1C(CCOCC)NN. The summed E-state index contributed by atoms with van der Waals surface area (Å²) in [5, 5.41) is 4.28. The zero-order valence-electron chi connectivity index (χ0n) is 10.1. The lowest BCUT2D eigenvalue weighted by atomic mass is 10.1. The van der Waals surface area contributed by atoms with Crippen molar-refractivity contribution >= 4 is 0 Å². The number of hydrogen-bond acceptors (Lipinski definition) is 4. The molecule has 0 radical (unpaired) electrons. The summed E-state index contributed by atoms with van der Waals surface area (Å²) in [4.78, 5) is 0. The maximum Gasteiger partial charge on any atom is 0.0650 e. The van der Waals surface area contributed by atoms with E-state index in [0.717, 1.165) is 31.7 Å². The molecule has 5 nitrogen and oxygen atoms in total. The lowest BCUT2D eigenvalue weighted by Gasteiger charge is -2.17. The van der Waals surface area contributed by atoms with E-state index in [2.05, 4.69) is 17.4 Å². The summed E-state index contributed by atoms with van der Waals surface area (Å²) >= 11 is 0. The van der Waals surface area contributed by atoms with E-state index in [1.807, 2.05) is 23.9 Å². The lowest BCUT2D eigenvalue weighted by molar-refractivity contribution is 0.135. The van der Waals surface area contributed by atoms with Crippen LogP contribution in [-0.4, -0.2) is 23.0 Å². The van der Waals surface area contributed by atoms with Crippen LogP contribution in [-0.2, 0) is 11.3 Å². The normalized spacial score (nSPS) is 12.9. The molecule has 0 saturated carbocycles. The molecule has 0 amide bonds. The van der Waals surface area contributed by atoms with Crippen LogP contribution in [0.25, 0.3) is 0 Å². The highest BCUT2D eigenvalue weighted by Crippen LogP contribution is 2.15. The molecule has 0 bridgehead atoms. The summed E-state index contributed by atoms with van der Waals surface area (Å²) in [6.07, 6.45) is 3.74. The number of hydrazine groups is 1. The Hall–Kier alpha value is -0.910. The summed E-state index contributed by atoms with van der Waals surface area (Å²) in [5.41, 5.74) is 3.95. The van der Waals surface area contributed by atoms with Crippen LogP contribution in [0.1, 0.15) is 38.4 Å². The van der Waals surface area contributed by atoms with Gasteiger partial charge in [-0.15, -0.1) is 0 Å². The molecular weight excluding hydrogens is 204 g/mol. The second-order valence-corrected chi connectivity index (χ2v) is 3.68. The number of nitrogens with two attached hydrogens (primary N) is 1. The molecule has 1 rings (SSSR count). The Morgan fingerprint density at radius 1 is 1.56 bits per heavy atom. The van der Waals surface area contributed by atoms with Crippen LogP contribution in [0, 0.1) is 0 Å². The first-order chi connectivity index (χ1) is 7.83. The summed E-state index contributed by atoms with van der Waals surface area (Å²) in [5.74, 6) is 5.56. The van der Waals surface area contributed by atoms with E-state index in [9.17, 15) is 0 Å². The largest absolute Gasteiger partial charge is 0.382 e. The number of nitrogens with zero attached hydrogens (tertiary/aromatic N) is 2. The molecule has 92 valence electrons. The van der Waals surface area contributed by atoms with Gasteiger partial charge in [0.15, 0.2) is 0 Å². The quantitative estimate of drug-likeness (QED) is 0.397. The highest BCUT2D eigenvalue weighted by Gasteiger charge is 2.13. The summed E-state index contributed by atoms with van der Waals surface area (Å²) in [6, 6.07) is 2.12. The average molecular weight is 226 g/mol. The standard InChI is InChI=1S/C11H22N4O/c1-3-8-15-11(5-7-13-15)10(14-12)6-9-16-4-2/h5,7,10,14H,3-4,6,8-9,12H2,1-2H3. The molecule has 1 aromatic rings. The van der Waals surface area contributed by atoms with Gasteiger partial charge in [0.1, 0.15) is 0 Å². The van der Waals surface area contributed by atoms with Crippen LogP contribution in [0.2, 0.25) is 0 Å². The maximum absolute atomic E-state index is 5.56. The summed E-state index contributed by atoms with van der Waals surface area (Å²) < 4.78 is 7.33. The Morgan fingerprint density at radius 3 is 3.00 bits per heavy atom. The molecule has 0 aliphatic heterocycles. The molecule has 0 saturated heterocycles. The second-order valence-electron chi connectivity index (χ2n) is 3.68.